The Kier molecular flexibility index (Phi) is 5.06. The highest BCUT2D eigenvalue weighted by Gasteiger charge is 2.26. The maximum atomic E-state index is 14.0. The Hall–Kier alpha value is -2.31. The van der Waals surface area contributed by atoms with E-state index in [1.54, 1.807) is 6.07 Å². The molecule has 5 rings (SSSR count). The van der Waals surface area contributed by atoms with Crippen molar-refractivity contribution in [1.29, 1.82) is 0 Å². The fourth-order valence-corrected chi connectivity index (χ4v) is 6.75. The molecule has 0 unspecified atom stereocenters. The number of hydrogen-bond acceptors (Lipinski definition) is 1. The first kappa shape index (κ1) is 18.7. The quantitative estimate of drug-likeness (QED) is 0.194. The van der Waals surface area contributed by atoms with E-state index in [2.05, 4.69) is 83.3 Å². The van der Waals surface area contributed by atoms with Crippen molar-refractivity contribution in [2.24, 2.45) is 0 Å². The first-order valence-electron chi connectivity index (χ1n) is 9.36. The second kappa shape index (κ2) is 7.84. The van der Waals surface area contributed by atoms with E-state index in [-0.39, 0.29) is 12.4 Å². The molecule has 0 atom stereocenters. The summed E-state index contributed by atoms with van der Waals surface area (Å²) in [7, 11) is -0.563. The summed E-state index contributed by atoms with van der Waals surface area (Å²) >= 11 is 2.11. The summed E-state index contributed by atoms with van der Waals surface area (Å²) < 4.78 is 20.7. The van der Waals surface area contributed by atoms with Gasteiger partial charge in [0.1, 0.15) is 18.2 Å². The van der Waals surface area contributed by atoms with Crippen LogP contribution in [-0.2, 0) is 6.61 Å². The molecule has 1 aliphatic heterocycles. The zero-order chi connectivity index (χ0) is 19.8. The summed E-state index contributed by atoms with van der Waals surface area (Å²) in [6.07, 6.45) is 0. The standard InChI is InChI=1S/C25H18FIOS/c26-23-15-18(27)10-9-17(23)16-28-19-11-13-20(14-12-19)29-24-7-3-1-5-21(24)22-6-2-4-8-25(22)29/h1-15,29H,16H2. The van der Waals surface area contributed by atoms with Crippen molar-refractivity contribution in [2.45, 2.75) is 21.3 Å². The van der Waals surface area contributed by atoms with Gasteiger partial charge in [-0.1, -0.05) is 42.5 Å². The summed E-state index contributed by atoms with van der Waals surface area (Å²) in [4.78, 5) is 4.10. The molecule has 0 fully saturated rings. The number of rotatable bonds is 4. The van der Waals surface area contributed by atoms with Gasteiger partial charge in [-0.05, 0) is 87.1 Å². The number of hydrogen-bond donors (Lipinski definition) is 1. The highest BCUT2D eigenvalue weighted by molar-refractivity contribution is 14.1. The number of ether oxygens (including phenoxy) is 1. The SMILES string of the molecule is Fc1cc(I)ccc1COc1ccc([SH]2c3ccccc3-c3ccccc32)cc1. The molecule has 4 aromatic rings. The summed E-state index contributed by atoms with van der Waals surface area (Å²) in [6, 6.07) is 30.8. The van der Waals surface area contributed by atoms with Gasteiger partial charge >= 0.3 is 0 Å². The molecule has 0 saturated carbocycles. The fourth-order valence-electron chi connectivity index (χ4n) is 3.69. The van der Waals surface area contributed by atoms with Crippen LogP contribution in [0.3, 0.4) is 0 Å². The number of benzene rings is 4. The molecule has 0 N–H and O–H groups in total. The average Bonchev–Trinajstić information content (AvgIpc) is 3.08. The van der Waals surface area contributed by atoms with Gasteiger partial charge in [-0.2, -0.15) is 10.9 Å². The summed E-state index contributed by atoms with van der Waals surface area (Å²) in [5.74, 6) is 0.526. The van der Waals surface area contributed by atoms with Gasteiger partial charge in [0.2, 0.25) is 0 Å². The Balaban J connectivity index is 1.41. The van der Waals surface area contributed by atoms with Gasteiger partial charge in [0.05, 0.1) is 0 Å². The third-order valence-electron chi connectivity index (χ3n) is 5.08. The van der Waals surface area contributed by atoms with Gasteiger partial charge in [0.25, 0.3) is 0 Å². The molecular formula is C25H18FIOS. The van der Waals surface area contributed by atoms with Gasteiger partial charge in [0.15, 0.2) is 0 Å². The van der Waals surface area contributed by atoms with Crippen LogP contribution in [0, 0.1) is 9.39 Å². The molecule has 0 saturated heterocycles. The summed E-state index contributed by atoms with van der Waals surface area (Å²) in [5, 5.41) is 0. The molecule has 1 nitrogen and oxygen atoms in total. The van der Waals surface area contributed by atoms with Crippen molar-refractivity contribution >= 4 is 33.5 Å². The highest BCUT2D eigenvalue weighted by atomic mass is 127. The minimum atomic E-state index is -0.563. The van der Waals surface area contributed by atoms with Crippen molar-refractivity contribution in [3.8, 4) is 16.9 Å². The smallest absolute Gasteiger partial charge is 0.130 e. The van der Waals surface area contributed by atoms with Crippen LogP contribution >= 0.6 is 33.5 Å². The van der Waals surface area contributed by atoms with Crippen molar-refractivity contribution in [1.82, 2.24) is 0 Å². The Morgan fingerprint density at radius 3 is 2.00 bits per heavy atom. The molecule has 144 valence electrons. The molecular weight excluding hydrogens is 494 g/mol. The average molecular weight is 512 g/mol. The fraction of sp³-hybridized carbons (Fsp3) is 0.0400. The van der Waals surface area contributed by atoms with E-state index >= 15 is 0 Å². The lowest BCUT2D eigenvalue weighted by molar-refractivity contribution is 0.299. The largest absolute Gasteiger partial charge is 0.489 e. The highest BCUT2D eigenvalue weighted by Crippen LogP contribution is 2.62. The van der Waals surface area contributed by atoms with Crippen LogP contribution < -0.4 is 4.74 Å². The molecule has 0 aromatic heterocycles. The zero-order valence-electron chi connectivity index (χ0n) is 15.5. The molecule has 4 heteroatoms. The van der Waals surface area contributed by atoms with Crippen LogP contribution in [0.2, 0.25) is 0 Å². The summed E-state index contributed by atoms with van der Waals surface area (Å²) in [5.41, 5.74) is 3.24. The van der Waals surface area contributed by atoms with E-state index in [1.165, 1.54) is 31.9 Å². The maximum Gasteiger partial charge on any atom is 0.130 e. The molecule has 0 aliphatic carbocycles. The van der Waals surface area contributed by atoms with Crippen LogP contribution in [0.15, 0.2) is 106 Å². The number of fused-ring (bicyclic) bond motifs is 3. The Morgan fingerprint density at radius 2 is 1.38 bits per heavy atom. The third kappa shape index (κ3) is 3.55. The molecule has 0 spiro atoms. The van der Waals surface area contributed by atoms with Crippen molar-refractivity contribution < 1.29 is 9.13 Å². The maximum absolute atomic E-state index is 14.0. The van der Waals surface area contributed by atoms with E-state index in [4.69, 9.17) is 4.74 Å². The topological polar surface area (TPSA) is 9.23 Å². The first-order chi connectivity index (χ1) is 14.2. The lowest BCUT2D eigenvalue weighted by Crippen LogP contribution is -1.98. The molecule has 4 aromatic carbocycles. The Bertz CT molecular complexity index is 1140. The van der Waals surface area contributed by atoms with E-state index in [0.717, 1.165) is 9.32 Å². The van der Waals surface area contributed by atoms with Crippen LogP contribution in [-0.4, -0.2) is 0 Å². The van der Waals surface area contributed by atoms with Gasteiger partial charge in [-0.15, -0.1) is 0 Å². The summed E-state index contributed by atoms with van der Waals surface area (Å²) in [6.45, 7) is 0.225. The van der Waals surface area contributed by atoms with Gasteiger partial charge in [-0.3, -0.25) is 0 Å². The van der Waals surface area contributed by atoms with Crippen LogP contribution in [0.4, 0.5) is 4.39 Å². The van der Waals surface area contributed by atoms with Gasteiger partial charge in [0, 0.05) is 18.9 Å². The molecule has 0 amide bonds. The van der Waals surface area contributed by atoms with E-state index < -0.39 is 10.9 Å². The molecule has 0 radical (unpaired) electrons. The van der Waals surface area contributed by atoms with E-state index in [0.29, 0.717) is 5.56 Å². The van der Waals surface area contributed by atoms with Crippen LogP contribution in [0.25, 0.3) is 11.1 Å². The van der Waals surface area contributed by atoms with Crippen LogP contribution in [0.5, 0.6) is 5.75 Å². The number of halogens is 2. The van der Waals surface area contributed by atoms with Gasteiger partial charge in [-0.25, -0.2) is 4.39 Å². The van der Waals surface area contributed by atoms with Crippen molar-refractivity contribution in [2.75, 3.05) is 0 Å². The minimum absolute atomic E-state index is 0.225. The second-order valence-corrected chi connectivity index (χ2v) is 10.3. The predicted molar refractivity (Wildman–Crippen MR) is 126 cm³/mol. The predicted octanol–water partition coefficient (Wildman–Crippen LogP) is 7.47. The molecule has 1 heterocycles. The normalized spacial score (nSPS) is 13.1. The Labute approximate surface area is 186 Å². The van der Waals surface area contributed by atoms with Crippen molar-refractivity contribution in [3.63, 3.8) is 0 Å². The monoisotopic (exact) mass is 512 g/mol. The van der Waals surface area contributed by atoms with E-state index in [9.17, 15) is 4.39 Å². The molecule has 0 bridgehead atoms. The van der Waals surface area contributed by atoms with Crippen molar-refractivity contribution in [3.05, 3.63) is 106 Å². The third-order valence-corrected chi connectivity index (χ3v) is 8.31. The second-order valence-electron chi connectivity index (χ2n) is 6.89. The first-order valence-corrected chi connectivity index (χ1v) is 11.8. The Morgan fingerprint density at radius 1 is 0.759 bits per heavy atom. The molecule has 29 heavy (non-hydrogen) atoms. The van der Waals surface area contributed by atoms with E-state index in [1.807, 2.05) is 18.2 Å². The van der Waals surface area contributed by atoms with Gasteiger partial charge < -0.3 is 4.74 Å². The lowest BCUT2D eigenvalue weighted by Gasteiger charge is -2.19. The van der Waals surface area contributed by atoms with Crippen LogP contribution in [0.1, 0.15) is 5.56 Å². The zero-order valence-corrected chi connectivity index (χ0v) is 18.5. The molecule has 1 aliphatic rings. The lowest BCUT2D eigenvalue weighted by atomic mass is 10.1. The minimum Gasteiger partial charge on any atom is -0.489 e. The number of thiol groups is 1.